The molecule has 0 radical (unpaired) electrons. The Balaban J connectivity index is 3.17. The molecule has 8 heavy (non-hydrogen) atoms. The topological polar surface area (TPSA) is 49.7 Å². The number of hydrogen-bond acceptors (Lipinski definition) is 3. The van der Waals surface area contributed by atoms with Gasteiger partial charge in [0.2, 0.25) is 0 Å². The van der Waals surface area contributed by atoms with E-state index in [-0.39, 0.29) is 6.61 Å². The van der Waals surface area contributed by atoms with Gasteiger partial charge in [-0.2, -0.15) is 0 Å². The Morgan fingerprint density at radius 2 is 2.12 bits per heavy atom. The monoisotopic (exact) mass is 153 g/mol. The Kier molecular flexibility index (Phi) is 4.80. The van der Waals surface area contributed by atoms with Gasteiger partial charge in [-0.25, -0.2) is 0 Å². The summed E-state index contributed by atoms with van der Waals surface area (Å²) in [6.45, 7) is 1.71. The van der Waals surface area contributed by atoms with E-state index in [1.54, 1.807) is 0 Å². The maximum atomic E-state index is 8.75. The first kappa shape index (κ1) is 8.59. The van der Waals surface area contributed by atoms with Crippen molar-refractivity contribution < 1.29 is 34.4 Å². The van der Waals surface area contributed by atoms with Crippen molar-refractivity contribution in [1.29, 1.82) is 0 Å². The molecule has 0 saturated carbocycles. The van der Waals surface area contributed by atoms with Gasteiger partial charge in [0.25, 0.3) is 0 Å². The van der Waals surface area contributed by atoms with Crippen LogP contribution in [0.2, 0.25) is 0 Å². The van der Waals surface area contributed by atoms with Crippen LogP contribution in [0.4, 0.5) is 0 Å². The third-order valence-electron chi connectivity index (χ3n) is 0.811. The molecule has 3 nitrogen and oxygen atoms in total. The van der Waals surface area contributed by atoms with E-state index in [0.717, 1.165) is 0 Å². The summed E-state index contributed by atoms with van der Waals surface area (Å²) in [5, 5.41) is 17.4. The van der Waals surface area contributed by atoms with Crippen molar-refractivity contribution >= 4 is 0 Å². The molecule has 47 valence electrons. The zero-order valence-electron chi connectivity index (χ0n) is 4.66. The zero-order chi connectivity index (χ0) is 6.57. The molecular weight excluding hydrogens is 144 g/mol. The standard InChI is InChI=1S/C4H9O3.Ti/c1-3(6)4(7)2-5;/h3-4,6-7H,2H2,1H3;/q-1;+1. The molecule has 0 heterocycles. The van der Waals surface area contributed by atoms with Gasteiger partial charge in [0.05, 0.1) is 0 Å². The molecule has 0 rings (SSSR count). The molecule has 0 aromatic heterocycles. The maximum absolute atomic E-state index is 8.75. The molecule has 0 saturated heterocycles. The minimum atomic E-state index is -0.750. The fourth-order valence-corrected chi connectivity index (χ4v) is 0.491. The summed E-state index contributed by atoms with van der Waals surface area (Å²) in [5.41, 5.74) is 0. The number of aliphatic hydroxyl groups is 2. The van der Waals surface area contributed by atoms with E-state index in [1.807, 2.05) is 0 Å². The molecule has 0 bridgehead atoms. The average Bonchev–Trinajstić information content (AvgIpc) is 1.67. The number of hydrogen-bond donors (Lipinski definition) is 2. The van der Waals surface area contributed by atoms with Crippen molar-refractivity contribution in [3.63, 3.8) is 0 Å². The summed E-state index contributed by atoms with van der Waals surface area (Å²) >= 11 is 1.48. The molecule has 0 amide bonds. The van der Waals surface area contributed by atoms with E-state index in [2.05, 4.69) is 3.32 Å². The molecule has 0 fully saturated rings. The summed E-state index contributed by atoms with van der Waals surface area (Å²) in [7, 11) is 0. The van der Waals surface area contributed by atoms with Crippen molar-refractivity contribution in [2.75, 3.05) is 6.61 Å². The Hall–Kier alpha value is 0.594. The van der Waals surface area contributed by atoms with Gasteiger partial charge in [-0.1, -0.05) is 0 Å². The second-order valence-electron chi connectivity index (χ2n) is 1.62. The van der Waals surface area contributed by atoms with E-state index in [0.29, 0.717) is 0 Å². The zero-order valence-corrected chi connectivity index (χ0v) is 6.23. The molecule has 0 aromatic carbocycles. The van der Waals surface area contributed by atoms with Gasteiger partial charge in [0.1, 0.15) is 0 Å². The predicted molar refractivity (Wildman–Crippen MR) is 23.6 cm³/mol. The molecule has 2 unspecified atom stereocenters. The van der Waals surface area contributed by atoms with Crippen LogP contribution in [-0.2, 0) is 24.1 Å². The van der Waals surface area contributed by atoms with Crippen LogP contribution < -0.4 is 0 Å². The Labute approximate surface area is 60.5 Å². The van der Waals surface area contributed by atoms with Crippen LogP contribution in [0.1, 0.15) is 6.92 Å². The van der Waals surface area contributed by atoms with Gasteiger partial charge in [0.15, 0.2) is 0 Å². The number of rotatable bonds is 3. The minimum absolute atomic E-state index is 0.192. The SMILES string of the molecule is CC(O)C(O)C[O][Ti]. The second-order valence-corrected chi connectivity index (χ2v) is 2.07. The molecule has 0 aliphatic rings. The quantitative estimate of drug-likeness (QED) is 0.522. The summed E-state index contributed by atoms with van der Waals surface area (Å²) < 4.78 is 4.55. The Morgan fingerprint density at radius 1 is 1.62 bits per heavy atom. The van der Waals surface area contributed by atoms with Crippen LogP contribution in [0, 0.1) is 0 Å². The first-order chi connectivity index (χ1) is 3.68. The van der Waals surface area contributed by atoms with Crippen molar-refractivity contribution in [2.24, 2.45) is 0 Å². The molecule has 2 N–H and O–H groups in total. The van der Waals surface area contributed by atoms with Crippen molar-refractivity contribution in [3.05, 3.63) is 0 Å². The van der Waals surface area contributed by atoms with E-state index in [1.165, 1.54) is 27.7 Å². The third kappa shape index (κ3) is 3.58. The van der Waals surface area contributed by atoms with Gasteiger partial charge < -0.3 is 0 Å². The molecule has 4 heteroatoms. The van der Waals surface area contributed by atoms with E-state index in [4.69, 9.17) is 10.2 Å². The van der Waals surface area contributed by atoms with Gasteiger partial charge in [0, 0.05) is 0 Å². The van der Waals surface area contributed by atoms with Crippen LogP contribution in [0.25, 0.3) is 0 Å². The second kappa shape index (κ2) is 4.47. The van der Waals surface area contributed by atoms with Crippen LogP contribution in [0.15, 0.2) is 0 Å². The fraction of sp³-hybridized carbons (Fsp3) is 1.00. The average molecular weight is 153 g/mol. The van der Waals surface area contributed by atoms with Crippen LogP contribution in [0.3, 0.4) is 0 Å². The van der Waals surface area contributed by atoms with Crippen molar-refractivity contribution in [1.82, 2.24) is 0 Å². The Morgan fingerprint density at radius 3 is 2.25 bits per heavy atom. The van der Waals surface area contributed by atoms with Gasteiger partial charge in [-0.05, 0) is 0 Å². The van der Waals surface area contributed by atoms with Crippen LogP contribution >= 0.6 is 0 Å². The van der Waals surface area contributed by atoms with E-state index in [9.17, 15) is 0 Å². The molecular formula is C4H9O3Ti. The summed E-state index contributed by atoms with van der Waals surface area (Å²) in [5.74, 6) is 0. The van der Waals surface area contributed by atoms with Crippen LogP contribution in [0.5, 0.6) is 0 Å². The predicted octanol–water partition coefficient (Wildman–Crippen LogP) is -0.794. The van der Waals surface area contributed by atoms with Crippen molar-refractivity contribution in [3.8, 4) is 0 Å². The van der Waals surface area contributed by atoms with Gasteiger partial charge in [-0.15, -0.1) is 0 Å². The summed E-state index contributed by atoms with van der Waals surface area (Å²) in [4.78, 5) is 0. The Bertz CT molecular complexity index is 57.2. The van der Waals surface area contributed by atoms with Gasteiger partial charge >= 0.3 is 60.1 Å². The van der Waals surface area contributed by atoms with Gasteiger partial charge in [-0.3, -0.25) is 0 Å². The van der Waals surface area contributed by atoms with E-state index < -0.39 is 12.2 Å². The summed E-state index contributed by atoms with van der Waals surface area (Å²) in [6.07, 6.45) is -1.45. The number of aliphatic hydroxyl groups excluding tert-OH is 2. The molecule has 0 aliphatic carbocycles. The fourth-order valence-electron chi connectivity index (χ4n) is 0.225. The van der Waals surface area contributed by atoms with E-state index >= 15 is 0 Å². The molecule has 2 atom stereocenters. The molecule has 0 aromatic rings. The normalized spacial score (nSPS) is 17.8. The first-order valence-electron chi connectivity index (χ1n) is 2.33. The molecule has 0 aliphatic heterocycles. The summed E-state index contributed by atoms with van der Waals surface area (Å²) in [6, 6.07) is 0. The molecule has 0 spiro atoms. The third-order valence-corrected chi connectivity index (χ3v) is 1.07. The van der Waals surface area contributed by atoms with Crippen molar-refractivity contribution in [2.45, 2.75) is 19.1 Å². The van der Waals surface area contributed by atoms with Crippen LogP contribution in [-0.4, -0.2) is 29.0 Å². The first-order valence-corrected chi connectivity index (χ1v) is 2.97.